The smallest absolute Gasteiger partial charge is 0.154 e. The van der Waals surface area contributed by atoms with Gasteiger partial charge in [0.15, 0.2) is 9.84 Å². The van der Waals surface area contributed by atoms with E-state index in [1.807, 2.05) is 0 Å². The van der Waals surface area contributed by atoms with Crippen LogP contribution in [0, 0.1) is 5.82 Å². The first-order valence-corrected chi connectivity index (χ1v) is 6.76. The van der Waals surface area contributed by atoms with E-state index in [-0.39, 0.29) is 17.5 Å². The van der Waals surface area contributed by atoms with Gasteiger partial charge in [-0.05, 0) is 25.0 Å². The number of rotatable bonds is 5. The van der Waals surface area contributed by atoms with Crippen LogP contribution < -0.4 is 5.73 Å². The second-order valence-electron chi connectivity index (χ2n) is 3.87. The highest BCUT2D eigenvalue weighted by Gasteiger charge is 2.13. The molecule has 1 heterocycles. The number of hydrogen-bond acceptors (Lipinski definition) is 4. The SMILES string of the molecule is CC(N)CCS(=O)(=O)Cc1cncc(F)c1. The van der Waals surface area contributed by atoms with E-state index >= 15 is 0 Å². The molecule has 0 aliphatic heterocycles. The third-order valence-electron chi connectivity index (χ3n) is 2.03. The van der Waals surface area contributed by atoms with Crippen LogP contribution in [0.4, 0.5) is 4.39 Å². The van der Waals surface area contributed by atoms with Crippen molar-refractivity contribution < 1.29 is 12.8 Å². The van der Waals surface area contributed by atoms with Gasteiger partial charge in [0.2, 0.25) is 0 Å². The van der Waals surface area contributed by atoms with Crippen molar-refractivity contribution in [2.75, 3.05) is 5.75 Å². The Morgan fingerprint density at radius 3 is 2.75 bits per heavy atom. The van der Waals surface area contributed by atoms with Crippen LogP contribution >= 0.6 is 0 Å². The standard InChI is InChI=1S/C10H15FN2O2S/c1-8(12)2-3-16(14,15)7-9-4-10(11)6-13-5-9/h4-6,8H,2-3,7,12H2,1H3. The maximum atomic E-state index is 12.8. The zero-order valence-electron chi connectivity index (χ0n) is 9.06. The van der Waals surface area contributed by atoms with Crippen LogP contribution in [-0.2, 0) is 15.6 Å². The molecule has 1 aromatic heterocycles. The van der Waals surface area contributed by atoms with Crippen molar-refractivity contribution in [2.45, 2.75) is 25.1 Å². The molecular formula is C10H15FN2O2S. The topological polar surface area (TPSA) is 73.1 Å². The first kappa shape index (κ1) is 13.1. The van der Waals surface area contributed by atoms with Crippen LogP contribution in [0.2, 0.25) is 0 Å². The zero-order chi connectivity index (χ0) is 12.2. The molecule has 1 atom stereocenters. The Morgan fingerprint density at radius 1 is 1.50 bits per heavy atom. The summed E-state index contributed by atoms with van der Waals surface area (Å²) in [6, 6.07) is 1.02. The van der Waals surface area contributed by atoms with Gasteiger partial charge in [0, 0.05) is 12.2 Å². The molecule has 0 radical (unpaired) electrons. The number of aromatic nitrogens is 1. The third kappa shape index (κ3) is 4.67. The van der Waals surface area contributed by atoms with Crippen LogP contribution in [0.5, 0.6) is 0 Å². The minimum Gasteiger partial charge on any atom is -0.328 e. The minimum absolute atomic E-state index is 0.0151. The van der Waals surface area contributed by atoms with Gasteiger partial charge >= 0.3 is 0 Å². The predicted molar refractivity (Wildman–Crippen MR) is 60.0 cm³/mol. The Hall–Kier alpha value is -1.01. The molecule has 0 spiro atoms. The van der Waals surface area contributed by atoms with Crippen LogP contribution in [0.15, 0.2) is 18.5 Å². The van der Waals surface area contributed by atoms with E-state index in [9.17, 15) is 12.8 Å². The molecule has 2 N–H and O–H groups in total. The quantitative estimate of drug-likeness (QED) is 0.836. The summed E-state index contributed by atoms with van der Waals surface area (Å²) in [6.45, 7) is 1.75. The molecule has 0 aromatic carbocycles. The van der Waals surface area contributed by atoms with E-state index in [4.69, 9.17) is 5.73 Å². The lowest BCUT2D eigenvalue weighted by atomic mass is 10.3. The van der Waals surface area contributed by atoms with Crippen LogP contribution in [-0.4, -0.2) is 25.2 Å². The zero-order valence-corrected chi connectivity index (χ0v) is 9.87. The van der Waals surface area contributed by atoms with Gasteiger partial charge in [-0.1, -0.05) is 0 Å². The highest BCUT2D eigenvalue weighted by Crippen LogP contribution is 2.08. The van der Waals surface area contributed by atoms with Crippen molar-refractivity contribution in [2.24, 2.45) is 5.73 Å². The lowest BCUT2D eigenvalue weighted by Crippen LogP contribution is -2.20. The molecule has 4 nitrogen and oxygen atoms in total. The molecule has 0 saturated heterocycles. The number of nitrogens with two attached hydrogens (primary N) is 1. The summed E-state index contributed by atoms with van der Waals surface area (Å²) in [5.74, 6) is -0.703. The normalized spacial score (nSPS) is 13.7. The van der Waals surface area contributed by atoms with Crippen molar-refractivity contribution in [3.8, 4) is 0 Å². The summed E-state index contributed by atoms with van der Waals surface area (Å²) in [6.07, 6.45) is 2.80. The minimum atomic E-state index is -3.23. The van der Waals surface area contributed by atoms with Crippen molar-refractivity contribution in [3.63, 3.8) is 0 Å². The van der Waals surface area contributed by atoms with E-state index < -0.39 is 15.7 Å². The van der Waals surface area contributed by atoms with Gasteiger partial charge in [-0.25, -0.2) is 12.8 Å². The van der Waals surface area contributed by atoms with Crippen LogP contribution in [0.1, 0.15) is 18.9 Å². The molecule has 0 aliphatic rings. The van der Waals surface area contributed by atoms with Gasteiger partial charge < -0.3 is 5.73 Å². The fourth-order valence-electron chi connectivity index (χ4n) is 1.23. The highest BCUT2D eigenvalue weighted by molar-refractivity contribution is 7.90. The van der Waals surface area contributed by atoms with Crippen molar-refractivity contribution in [3.05, 3.63) is 29.8 Å². The summed E-state index contributed by atoms with van der Waals surface area (Å²) < 4.78 is 36.0. The number of halogens is 1. The van der Waals surface area contributed by atoms with Gasteiger partial charge in [0.1, 0.15) is 5.82 Å². The van der Waals surface area contributed by atoms with Crippen molar-refractivity contribution >= 4 is 9.84 Å². The second-order valence-corrected chi connectivity index (χ2v) is 6.05. The Balaban J connectivity index is 2.66. The fraction of sp³-hybridized carbons (Fsp3) is 0.500. The van der Waals surface area contributed by atoms with E-state index in [0.29, 0.717) is 12.0 Å². The number of sulfone groups is 1. The molecule has 1 rings (SSSR count). The van der Waals surface area contributed by atoms with Gasteiger partial charge in [0.05, 0.1) is 17.7 Å². The van der Waals surface area contributed by atoms with Gasteiger partial charge in [-0.3, -0.25) is 4.98 Å². The average molecular weight is 246 g/mol. The predicted octanol–water partition coefficient (Wildman–Crippen LogP) is 0.873. The van der Waals surface area contributed by atoms with E-state index in [1.54, 1.807) is 6.92 Å². The molecular weight excluding hydrogens is 231 g/mol. The monoisotopic (exact) mass is 246 g/mol. The Labute approximate surface area is 94.6 Å². The summed E-state index contributed by atoms with van der Waals surface area (Å²) in [7, 11) is -3.23. The maximum Gasteiger partial charge on any atom is 0.154 e. The molecule has 16 heavy (non-hydrogen) atoms. The highest BCUT2D eigenvalue weighted by atomic mass is 32.2. The maximum absolute atomic E-state index is 12.8. The first-order chi connectivity index (χ1) is 7.39. The van der Waals surface area contributed by atoms with E-state index in [0.717, 1.165) is 6.20 Å². The molecule has 6 heteroatoms. The van der Waals surface area contributed by atoms with Gasteiger partial charge in [-0.15, -0.1) is 0 Å². The summed E-state index contributed by atoms with van der Waals surface area (Å²) in [4.78, 5) is 3.60. The number of hydrogen-bond donors (Lipinski definition) is 1. The van der Waals surface area contributed by atoms with E-state index in [1.165, 1.54) is 12.3 Å². The largest absolute Gasteiger partial charge is 0.328 e. The second kappa shape index (κ2) is 5.36. The Bertz CT molecular complexity index is 446. The summed E-state index contributed by atoms with van der Waals surface area (Å²) in [5.41, 5.74) is 5.85. The van der Waals surface area contributed by atoms with Gasteiger partial charge in [-0.2, -0.15) is 0 Å². The Morgan fingerprint density at radius 2 is 2.19 bits per heavy atom. The first-order valence-electron chi connectivity index (χ1n) is 4.94. The summed E-state index contributed by atoms with van der Waals surface area (Å²) in [5, 5.41) is 0. The Kier molecular flexibility index (Phi) is 4.37. The molecule has 0 saturated carbocycles. The van der Waals surface area contributed by atoms with Gasteiger partial charge in [0.25, 0.3) is 0 Å². The fourth-order valence-corrected chi connectivity index (χ4v) is 2.77. The molecule has 90 valence electrons. The number of nitrogens with zero attached hydrogens (tertiary/aromatic N) is 1. The molecule has 0 bridgehead atoms. The lowest BCUT2D eigenvalue weighted by Gasteiger charge is -2.06. The molecule has 0 aliphatic carbocycles. The van der Waals surface area contributed by atoms with Crippen LogP contribution in [0.25, 0.3) is 0 Å². The average Bonchev–Trinajstić information content (AvgIpc) is 2.14. The van der Waals surface area contributed by atoms with Crippen molar-refractivity contribution in [1.29, 1.82) is 0 Å². The van der Waals surface area contributed by atoms with E-state index in [2.05, 4.69) is 4.98 Å². The third-order valence-corrected chi connectivity index (χ3v) is 3.66. The molecule has 0 fully saturated rings. The lowest BCUT2D eigenvalue weighted by molar-refractivity contribution is 0.586. The van der Waals surface area contributed by atoms with Crippen molar-refractivity contribution in [1.82, 2.24) is 4.98 Å². The van der Waals surface area contributed by atoms with Crippen LogP contribution in [0.3, 0.4) is 0 Å². The molecule has 1 aromatic rings. The summed E-state index contributed by atoms with van der Waals surface area (Å²) >= 11 is 0. The number of pyridine rings is 1. The molecule has 1 unspecified atom stereocenters. The molecule has 0 amide bonds.